The topological polar surface area (TPSA) is 87.7 Å². The Morgan fingerprint density at radius 1 is 1.48 bits per heavy atom. The van der Waals surface area contributed by atoms with E-state index < -0.39 is 0 Å². The zero-order valence-corrected chi connectivity index (χ0v) is 12.9. The maximum Gasteiger partial charge on any atom is 0.244 e. The average molecular weight is 300 g/mol. The lowest BCUT2D eigenvalue weighted by Gasteiger charge is -2.26. The minimum atomic E-state index is -0.224. The molecule has 2 aromatic rings. The van der Waals surface area contributed by atoms with Crippen LogP contribution in [0, 0.1) is 11.3 Å². The number of aromatic amines is 1. The zero-order valence-electron chi connectivity index (χ0n) is 12.1. The van der Waals surface area contributed by atoms with Crippen molar-refractivity contribution >= 4 is 11.3 Å². The molecule has 5 nitrogen and oxygen atoms in total. The lowest BCUT2D eigenvalue weighted by Crippen LogP contribution is -2.23. The molecule has 108 valence electrons. The number of H-pyrrole nitrogens is 1. The maximum atomic E-state index is 9.49. The number of ether oxygens (including phenoxy) is 1. The molecule has 3 N–H and O–H groups in total. The van der Waals surface area contributed by atoms with E-state index in [0.29, 0.717) is 11.5 Å². The number of thiophene rings is 1. The van der Waals surface area contributed by atoms with Gasteiger partial charge in [-0.15, -0.1) is 5.10 Å². The molecule has 6 heteroatoms. The number of nitrogens with one attached hydrogen (secondary N) is 1. The summed E-state index contributed by atoms with van der Waals surface area (Å²) in [5.74, 6) is 0.374. The number of aromatic nitrogens is 2. The normalized spacial score (nSPS) is 18.1. The van der Waals surface area contributed by atoms with E-state index in [1.807, 2.05) is 16.8 Å². The highest BCUT2D eigenvalue weighted by atomic mass is 32.1. The van der Waals surface area contributed by atoms with Crippen LogP contribution in [0.3, 0.4) is 0 Å². The smallest absolute Gasteiger partial charge is 0.244 e. The molecule has 0 unspecified atom stereocenters. The van der Waals surface area contributed by atoms with Gasteiger partial charge in [-0.3, -0.25) is 5.10 Å². The van der Waals surface area contributed by atoms with Crippen LogP contribution in [0.25, 0.3) is 0 Å². The molecule has 21 heavy (non-hydrogen) atoms. The molecule has 3 rings (SSSR count). The first-order chi connectivity index (χ1) is 9.93. The highest BCUT2D eigenvalue weighted by Gasteiger charge is 2.37. The quantitative estimate of drug-likeness (QED) is 0.847. The van der Waals surface area contributed by atoms with Crippen molar-refractivity contribution in [2.45, 2.75) is 32.1 Å². The third-order valence-electron chi connectivity index (χ3n) is 3.57. The first kappa shape index (κ1) is 13.7. The number of hydrogen-bond donors (Lipinski definition) is 2. The van der Waals surface area contributed by atoms with Gasteiger partial charge in [-0.2, -0.15) is 16.6 Å². The fourth-order valence-electron chi connectivity index (χ4n) is 2.59. The van der Waals surface area contributed by atoms with Gasteiger partial charge in [0.2, 0.25) is 11.8 Å². The van der Waals surface area contributed by atoms with E-state index >= 15 is 0 Å². The molecule has 0 amide bonds. The molecule has 0 saturated carbocycles. The van der Waals surface area contributed by atoms with E-state index in [1.54, 1.807) is 11.3 Å². The minimum absolute atomic E-state index is 0.133. The Kier molecular flexibility index (Phi) is 3.03. The van der Waals surface area contributed by atoms with Crippen molar-refractivity contribution in [3.63, 3.8) is 0 Å². The van der Waals surface area contributed by atoms with Crippen LogP contribution in [0.5, 0.6) is 5.88 Å². The molecule has 0 fully saturated rings. The highest BCUT2D eigenvalue weighted by Crippen LogP contribution is 2.45. The number of nitrogens with zero attached hydrogens (tertiary/aromatic N) is 2. The first-order valence-corrected chi connectivity index (χ1v) is 7.56. The molecule has 3 heterocycles. The molecule has 1 atom stereocenters. The molecule has 0 saturated heterocycles. The number of fused-ring (bicyclic) bond motifs is 1. The van der Waals surface area contributed by atoms with Crippen LogP contribution in [0.4, 0.5) is 0 Å². The van der Waals surface area contributed by atoms with Crippen LogP contribution < -0.4 is 10.5 Å². The second kappa shape index (κ2) is 4.64. The van der Waals surface area contributed by atoms with Crippen molar-refractivity contribution in [1.29, 1.82) is 5.26 Å². The van der Waals surface area contributed by atoms with Crippen molar-refractivity contribution in [3.05, 3.63) is 45.1 Å². The number of hydrogen-bond acceptors (Lipinski definition) is 5. The molecular formula is C15H16N4OS. The summed E-state index contributed by atoms with van der Waals surface area (Å²) in [6.07, 6.45) is 0. The third-order valence-corrected chi connectivity index (χ3v) is 4.27. The van der Waals surface area contributed by atoms with E-state index in [4.69, 9.17) is 10.5 Å². The van der Waals surface area contributed by atoms with Crippen LogP contribution >= 0.6 is 11.3 Å². The zero-order chi connectivity index (χ0) is 15.2. The summed E-state index contributed by atoms with van der Waals surface area (Å²) in [6, 6.07) is 4.20. The van der Waals surface area contributed by atoms with Crippen LogP contribution in [-0.4, -0.2) is 10.2 Å². The van der Waals surface area contributed by atoms with Crippen molar-refractivity contribution in [2.75, 3.05) is 0 Å². The summed E-state index contributed by atoms with van der Waals surface area (Å²) in [4.78, 5) is 0. The second-order valence-electron chi connectivity index (χ2n) is 6.05. The van der Waals surface area contributed by atoms with Gasteiger partial charge in [0.15, 0.2) is 0 Å². The lowest BCUT2D eigenvalue weighted by molar-refractivity contribution is 0.378. The number of allylic oxidation sites excluding steroid dienone is 1. The Labute approximate surface area is 127 Å². The van der Waals surface area contributed by atoms with E-state index in [2.05, 4.69) is 37.0 Å². The molecule has 0 aromatic carbocycles. The van der Waals surface area contributed by atoms with Gasteiger partial charge in [-0.1, -0.05) is 20.8 Å². The monoisotopic (exact) mass is 300 g/mol. The Balaban J connectivity index is 2.26. The second-order valence-corrected chi connectivity index (χ2v) is 6.83. The Bertz CT molecular complexity index is 744. The predicted octanol–water partition coefficient (Wildman–Crippen LogP) is 2.99. The predicted molar refractivity (Wildman–Crippen MR) is 80.9 cm³/mol. The average Bonchev–Trinajstić information content (AvgIpc) is 3.04. The van der Waals surface area contributed by atoms with Gasteiger partial charge in [0.25, 0.3) is 0 Å². The Morgan fingerprint density at radius 3 is 2.81 bits per heavy atom. The van der Waals surface area contributed by atoms with Gasteiger partial charge in [-0.25, -0.2) is 0 Å². The Hall–Kier alpha value is -2.26. The van der Waals surface area contributed by atoms with Gasteiger partial charge in [0.05, 0.1) is 11.5 Å². The van der Waals surface area contributed by atoms with Crippen molar-refractivity contribution in [2.24, 2.45) is 5.73 Å². The van der Waals surface area contributed by atoms with Crippen LogP contribution in [-0.2, 0) is 5.41 Å². The molecule has 1 aliphatic heterocycles. The van der Waals surface area contributed by atoms with E-state index in [-0.39, 0.29) is 17.2 Å². The molecule has 1 aliphatic rings. The summed E-state index contributed by atoms with van der Waals surface area (Å²) >= 11 is 1.59. The molecule has 0 aliphatic carbocycles. The number of nitriles is 1. The largest absolute Gasteiger partial charge is 0.420 e. The summed E-state index contributed by atoms with van der Waals surface area (Å²) in [6.45, 7) is 6.29. The number of rotatable bonds is 1. The third kappa shape index (κ3) is 2.10. The van der Waals surface area contributed by atoms with E-state index in [0.717, 1.165) is 16.8 Å². The van der Waals surface area contributed by atoms with E-state index in [1.165, 1.54) is 0 Å². The van der Waals surface area contributed by atoms with Gasteiger partial charge < -0.3 is 10.5 Å². The van der Waals surface area contributed by atoms with Crippen molar-refractivity contribution in [3.8, 4) is 11.9 Å². The maximum absolute atomic E-state index is 9.49. The first-order valence-electron chi connectivity index (χ1n) is 6.62. The van der Waals surface area contributed by atoms with Gasteiger partial charge in [0, 0.05) is 11.1 Å². The van der Waals surface area contributed by atoms with Gasteiger partial charge >= 0.3 is 0 Å². The van der Waals surface area contributed by atoms with E-state index in [9.17, 15) is 5.26 Å². The summed E-state index contributed by atoms with van der Waals surface area (Å²) in [5.41, 5.74) is 9.12. The molecule has 0 radical (unpaired) electrons. The summed E-state index contributed by atoms with van der Waals surface area (Å²) < 4.78 is 5.54. The minimum Gasteiger partial charge on any atom is -0.420 e. The van der Waals surface area contributed by atoms with Gasteiger partial charge in [-0.05, 0) is 22.4 Å². The van der Waals surface area contributed by atoms with Crippen LogP contribution in [0.1, 0.15) is 43.5 Å². The SMILES string of the molecule is CC(C)(C)c1[nH]nc2c1[C@H](c1ccsc1)C(C#N)=C(N)O2. The molecule has 0 spiro atoms. The fourth-order valence-corrected chi connectivity index (χ4v) is 3.28. The standard InChI is InChI=1S/C15H16N4OS/c1-15(2,3)12-11-10(8-4-5-21-7-8)9(6-16)13(17)20-14(11)19-18-12/h4-5,7,10H,17H2,1-3H3,(H,18,19)/t10-/m1/s1. The molecule has 2 aromatic heterocycles. The van der Waals surface area contributed by atoms with Crippen molar-refractivity contribution in [1.82, 2.24) is 10.2 Å². The summed E-state index contributed by atoms with van der Waals surface area (Å²) in [7, 11) is 0. The fraction of sp³-hybridized carbons (Fsp3) is 0.333. The van der Waals surface area contributed by atoms with Gasteiger partial charge in [0.1, 0.15) is 11.6 Å². The highest BCUT2D eigenvalue weighted by molar-refractivity contribution is 7.08. The molecular weight excluding hydrogens is 284 g/mol. The van der Waals surface area contributed by atoms with Crippen LogP contribution in [0.15, 0.2) is 28.3 Å². The lowest BCUT2D eigenvalue weighted by atomic mass is 9.79. The summed E-state index contributed by atoms with van der Waals surface area (Å²) in [5, 5.41) is 20.8. The van der Waals surface area contributed by atoms with Crippen molar-refractivity contribution < 1.29 is 4.74 Å². The number of nitrogens with two attached hydrogens (primary N) is 1. The Morgan fingerprint density at radius 2 is 2.24 bits per heavy atom. The van der Waals surface area contributed by atoms with Crippen LogP contribution in [0.2, 0.25) is 0 Å². The molecule has 0 bridgehead atoms.